The molecule has 0 unspecified atom stereocenters. The molecule has 0 bridgehead atoms. The van der Waals surface area contributed by atoms with Crippen LogP contribution < -0.4 is 15.4 Å². The van der Waals surface area contributed by atoms with Crippen molar-refractivity contribution in [3.05, 3.63) is 57.2 Å². The van der Waals surface area contributed by atoms with Crippen molar-refractivity contribution in [1.82, 2.24) is 4.98 Å². The summed E-state index contributed by atoms with van der Waals surface area (Å²) in [5.74, 6) is 0.212. The van der Waals surface area contributed by atoms with Gasteiger partial charge in [-0.3, -0.25) is 14.9 Å². The van der Waals surface area contributed by atoms with Crippen molar-refractivity contribution in [1.29, 1.82) is 0 Å². The van der Waals surface area contributed by atoms with Crippen LogP contribution >= 0.6 is 22.7 Å². The van der Waals surface area contributed by atoms with Gasteiger partial charge in [-0.25, -0.2) is 4.98 Å². The van der Waals surface area contributed by atoms with E-state index >= 15 is 0 Å². The van der Waals surface area contributed by atoms with Gasteiger partial charge in [0.2, 0.25) is 5.91 Å². The van der Waals surface area contributed by atoms with Gasteiger partial charge in [0.05, 0.1) is 29.8 Å². The fourth-order valence-electron chi connectivity index (χ4n) is 2.27. The molecule has 0 fully saturated rings. The summed E-state index contributed by atoms with van der Waals surface area (Å²) >= 11 is 2.65. The molecule has 3 rings (SSSR count). The standard InChI is InChI=1S/C18H17N3O3S2/c1-11-5-6-13(14(8-11)24-2)20-16(22)9-12-10-26-18(19-12)21-17(23)15-4-3-7-25-15/h3-8,10H,9H2,1-2H3,(H,20,22)(H,19,21,23). The average molecular weight is 387 g/mol. The molecule has 0 aliphatic carbocycles. The van der Waals surface area contributed by atoms with Gasteiger partial charge in [0.1, 0.15) is 5.75 Å². The molecule has 26 heavy (non-hydrogen) atoms. The number of nitrogens with zero attached hydrogens (tertiary/aromatic N) is 1. The number of amides is 2. The molecule has 0 atom stereocenters. The highest BCUT2D eigenvalue weighted by Gasteiger charge is 2.13. The molecule has 0 radical (unpaired) electrons. The van der Waals surface area contributed by atoms with Crippen LogP contribution in [0.25, 0.3) is 0 Å². The lowest BCUT2D eigenvalue weighted by Crippen LogP contribution is -2.15. The molecule has 2 amide bonds. The first-order valence-electron chi connectivity index (χ1n) is 7.79. The second-order valence-corrected chi connectivity index (χ2v) is 7.31. The molecule has 2 N–H and O–H groups in total. The van der Waals surface area contributed by atoms with E-state index < -0.39 is 0 Å². The number of hydrogen-bond donors (Lipinski definition) is 2. The molecule has 1 aromatic carbocycles. The Balaban J connectivity index is 1.60. The smallest absolute Gasteiger partial charge is 0.267 e. The van der Waals surface area contributed by atoms with Crippen LogP contribution in [-0.2, 0) is 11.2 Å². The first-order valence-corrected chi connectivity index (χ1v) is 9.55. The highest BCUT2D eigenvalue weighted by Crippen LogP contribution is 2.25. The third kappa shape index (κ3) is 4.47. The minimum Gasteiger partial charge on any atom is -0.495 e. The fraction of sp³-hybridized carbons (Fsp3) is 0.167. The number of hydrogen-bond acceptors (Lipinski definition) is 6. The topological polar surface area (TPSA) is 80.3 Å². The fourth-order valence-corrected chi connectivity index (χ4v) is 3.60. The van der Waals surface area contributed by atoms with E-state index in [9.17, 15) is 9.59 Å². The molecule has 2 aromatic heterocycles. The first kappa shape index (κ1) is 18.1. The number of aromatic nitrogens is 1. The number of thiazole rings is 1. The van der Waals surface area contributed by atoms with Crippen molar-refractivity contribution in [3.63, 3.8) is 0 Å². The van der Waals surface area contributed by atoms with E-state index in [0.717, 1.165) is 5.56 Å². The molecule has 0 aliphatic heterocycles. The van der Waals surface area contributed by atoms with Crippen molar-refractivity contribution < 1.29 is 14.3 Å². The van der Waals surface area contributed by atoms with Crippen LogP contribution in [0.4, 0.5) is 10.8 Å². The summed E-state index contributed by atoms with van der Waals surface area (Å²) in [6, 6.07) is 9.13. The van der Waals surface area contributed by atoms with E-state index in [-0.39, 0.29) is 18.2 Å². The van der Waals surface area contributed by atoms with Crippen molar-refractivity contribution >= 4 is 45.3 Å². The van der Waals surface area contributed by atoms with Gasteiger partial charge < -0.3 is 10.1 Å². The van der Waals surface area contributed by atoms with E-state index in [1.165, 1.54) is 22.7 Å². The first-order chi connectivity index (χ1) is 12.5. The number of thiophene rings is 1. The Kier molecular flexibility index (Phi) is 5.65. The molecular formula is C18H17N3O3S2. The third-order valence-corrected chi connectivity index (χ3v) is 5.17. The van der Waals surface area contributed by atoms with E-state index in [1.807, 2.05) is 30.5 Å². The number of anilines is 2. The maximum absolute atomic E-state index is 12.3. The summed E-state index contributed by atoms with van der Waals surface area (Å²) in [5.41, 5.74) is 2.26. The molecule has 0 spiro atoms. The second kappa shape index (κ2) is 8.11. The zero-order valence-electron chi connectivity index (χ0n) is 14.2. The summed E-state index contributed by atoms with van der Waals surface area (Å²) in [5, 5.41) is 9.63. The zero-order valence-corrected chi connectivity index (χ0v) is 15.9. The minimum atomic E-state index is -0.200. The summed E-state index contributed by atoms with van der Waals surface area (Å²) in [4.78, 5) is 29.2. The normalized spacial score (nSPS) is 10.4. The number of nitrogens with one attached hydrogen (secondary N) is 2. The van der Waals surface area contributed by atoms with Crippen molar-refractivity contribution in [2.45, 2.75) is 13.3 Å². The molecule has 8 heteroatoms. The lowest BCUT2D eigenvalue weighted by molar-refractivity contribution is -0.115. The maximum Gasteiger partial charge on any atom is 0.267 e. The number of ether oxygens (including phenoxy) is 1. The number of carbonyl (C=O) groups is 2. The number of carbonyl (C=O) groups excluding carboxylic acids is 2. The van der Waals surface area contributed by atoms with Crippen LogP contribution in [0.5, 0.6) is 5.75 Å². The van der Waals surface area contributed by atoms with E-state index in [1.54, 1.807) is 24.6 Å². The molecule has 2 heterocycles. The van der Waals surface area contributed by atoms with Gasteiger partial charge in [-0.05, 0) is 36.1 Å². The van der Waals surface area contributed by atoms with Gasteiger partial charge in [0.15, 0.2) is 5.13 Å². The Bertz CT molecular complexity index is 920. The number of rotatable bonds is 6. The lowest BCUT2D eigenvalue weighted by Gasteiger charge is -2.10. The molecule has 3 aromatic rings. The predicted octanol–water partition coefficient (Wildman–Crippen LogP) is 3.96. The summed E-state index contributed by atoms with van der Waals surface area (Å²) in [7, 11) is 1.56. The van der Waals surface area contributed by atoms with Gasteiger partial charge in [-0.2, -0.15) is 0 Å². The van der Waals surface area contributed by atoms with Crippen LogP contribution in [0.2, 0.25) is 0 Å². The van der Waals surface area contributed by atoms with Crippen LogP contribution in [0.1, 0.15) is 20.9 Å². The van der Waals surface area contributed by atoms with Crippen LogP contribution in [0, 0.1) is 6.92 Å². The third-order valence-electron chi connectivity index (χ3n) is 3.49. The van der Waals surface area contributed by atoms with E-state index in [2.05, 4.69) is 15.6 Å². The van der Waals surface area contributed by atoms with Crippen LogP contribution in [-0.4, -0.2) is 23.9 Å². The summed E-state index contributed by atoms with van der Waals surface area (Å²) in [6.07, 6.45) is 0.113. The number of aryl methyl sites for hydroxylation is 1. The second-order valence-electron chi connectivity index (χ2n) is 5.50. The van der Waals surface area contributed by atoms with Gasteiger partial charge in [0, 0.05) is 5.38 Å². The number of benzene rings is 1. The Labute approximate surface area is 158 Å². The molecule has 6 nitrogen and oxygen atoms in total. The monoisotopic (exact) mass is 387 g/mol. The van der Waals surface area contributed by atoms with E-state index in [4.69, 9.17) is 4.74 Å². The van der Waals surface area contributed by atoms with E-state index in [0.29, 0.717) is 27.1 Å². The zero-order chi connectivity index (χ0) is 18.5. The van der Waals surface area contributed by atoms with Crippen molar-refractivity contribution in [3.8, 4) is 5.75 Å². The molecule has 0 aliphatic rings. The maximum atomic E-state index is 12.3. The minimum absolute atomic E-state index is 0.113. The summed E-state index contributed by atoms with van der Waals surface area (Å²) in [6.45, 7) is 1.95. The lowest BCUT2D eigenvalue weighted by atomic mass is 10.2. The molecule has 0 saturated heterocycles. The molecule has 134 valence electrons. The average Bonchev–Trinajstić information content (AvgIpc) is 3.28. The van der Waals surface area contributed by atoms with Gasteiger partial charge in [-0.15, -0.1) is 22.7 Å². The van der Waals surface area contributed by atoms with Crippen LogP contribution in [0.15, 0.2) is 41.1 Å². The van der Waals surface area contributed by atoms with Gasteiger partial charge in [0.25, 0.3) is 5.91 Å². The Morgan fingerprint density at radius 2 is 2.04 bits per heavy atom. The van der Waals surface area contributed by atoms with Crippen molar-refractivity contribution in [2.24, 2.45) is 0 Å². The molecular weight excluding hydrogens is 370 g/mol. The quantitative estimate of drug-likeness (QED) is 0.671. The van der Waals surface area contributed by atoms with Gasteiger partial charge in [-0.1, -0.05) is 12.1 Å². The Morgan fingerprint density at radius 3 is 2.77 bits per heavy atom. The summed E-state index contributed by atoms with van der Waals surface area (Å²) < 4.78 is 5.29. The van der Waals surface area contributed by atoms with Gasteiger partial charge >= 0.3 is 0 Å². The highest BCUT2D eigenvalue weighted by atomic mass is 32.1. The molecule has 0 saturated carbocycles. The largest absolute Gasteiger partial charge is 0.495 e. The van der Waals surface area contributed by atoms with Crippen LogP contribution in [0.3, 0.4) is 0 Å². The number of methoxy groups -OCH3 is 1. The highest BCUT2D eigenvalue weighted by molar-refractivity contribution is 7.14. The SMILES string of the molecule is COc1cc(C)ccc1NC(=O)Cc1csc(NC(=O)c2cccs2)n1. The predicted molar refractivity (Wildman–Crippen MR) is 104 cm³/mol. The van der Waals surface area contributed by atoms with Crippen molar-refractivity contribution in [2.75, 3.05) is 17.7 Å². The Morgan fingerprint density at radius 1 is 1.19 bits per heavy atom. The Hall–Kier alpha value is -2.71.